The summed E-state index contributed by atoms with van der Waals surface area (Å²) in [7, 11) is 0. The van der Waals surface area contributed by atoms with E-state index in [1.807, 2.05) is 6.07 Å². The van der Waals surface area contributed by atoms with Crippen LogP contribution in [0.1, 0.15) is 32.6 Å². The topological polar surface area (TPSA) is 77.8 Å². The van der Waals surface area contributed by atoms with Crippen LogP contribution in [-0.4, -0.2) is 21.7 Å². The molecular formula is C13H17BrN4O. The number of nitrogens with zero attached hydrogens (tertiary/aromatic N) is 3. The number of nitrogens with two attached hydrogens (primary N) is 1. The Balaban J connectivity index is 2.38. The maximum Gasteiger partial charge on any atom is 0.234 e. The van der Waals surface area contributed by atoms with E-state index >= 15 is 0 Å². The van der Waals surface area contributed by atoms with Crippen molar-refractivity contribution in [1.82, 2.24) is 15.1 Å². The zero-order valence-electron chi connectivity index (χ0n) is 11.1. The van der Waals surface area contributed by atoms with Gasteiger partial charge in [-0.1, -0.05) is 19.0 Å². The van der Waals surface area contributed by atoms with Gasteiger partial charge in [-0.05, 0) is 34.8 Å². The fourth-order valence-corrected chi connectivity index (χ4v) is 2.38. The second-order valence-electron chi connectivity index (χ2n) is 4.51. The minimum atomic E-state index is -0.231. The Morgan fingerprint density at radius 1 is 1.32 bits per heavy atom. The summed E-state index contributed by atoms with van der Waals surface area (Å²) < 4.78 is 6.29. The van der Waals surface area contributed by atoms with Crippen molar-refractivity contribution < 1.29 is 4.52 Å². The highest BCUT2D eigenvalue weighted by Gasteiger charge is 2.33. The van der Waals surface area contributed by atoms with Crippen LogP contribution >= 0.6 is 15.9 Å². The lowest BCUT2D eigenvalue weighted by atomic mass is 9.82. The van der Waals surface area contributed by atoms with Gasteiger partial charge in [0.05, 0.1) is 5.41 Å². The van der Waals surface area contributed by atoms with E-state index in [9.17, 15) is 0 Å². The maximum absolute atomic E-state index is 5.89. The third-order valence-corrected chi connectivity index (χ3v) is 4.02. The van der Waals surface area contributed by atoms with Gasteiger partial charge in [-0.15, -0.1) is 0 Å². The monoisotopic (exact) mass is 324 g/mol. The van der Waals surface area contributed by atoms with Crippen molar-refractivity contribution in [1.29, 1.82) is 0 Å². The number of halogens is 1. The molecule has 0 aliphatic heterocycles. The van der Waals surface area contributed by atoms with Crippen molar-refractivity contribution in [3.8, 4) is 11.4 Å². The minimum Gasteiger partial charge on any atom is -0.338 e. The number of pyridine rings is 1. The third kappa shape index (κ3) is 2.69. The zero-order chi connectivity index (χ0) is 13.9. The summed E-state index contributed by atoms with van der Waals surface area (Å²) in [6, 6.07) is 1.91. The first-order chi connectivity index (χ1) is 9.15. The summed E-state index contributed by atoms with van der Waals surface area (Å²) in [6.45, 7) is 4.67. The molecular weight excluding hydrogens is 308 g/mol. The smallest absolute Gasteiger partial charge is 0.234 e. The standard InChI is InChI=1S/C13H17BrN4O/c1-3-13(4-2,8-15)12-17-11(18-19-12)9-5-10(14)7-16-6-9/h5-7H,3-4,8,15H2,1-2H3. The van der Waals surface area contributed by atoms with Crippen molar-refractivity contribution >= 4 is 15.9 Å². The predicted octanol–water partition coefficient (Wildman–Crippen LogP) is 2.91. The van der Waals surface area contributed by atoms with Crippen LogP contribution in [-0.2, 0) is 5.41 Å². The van der Waals surface area contributed by atoms with E-state index in [-0.39, 0.29) is 5.41 Å². The minimum absolute atomic E-state index is 0.231. The quantitative estimate of drug-likeness (QED) is 0.914. The Labute approximate surface area is 120 Å². The van der Waals surface area contributed by atoms with Crippen molar-refractivity contribution in [3.63, 3.8) is 0 Å². The van der Waals surface area contributed by atoms with Gasteiger partial charge in [0.15, 0.2) is 0 Å². The Morgan fingerprint density at radius 3 is 2.63 bits per heavy atom. The van der Waals surface area contributed by atoms with Gasteiger partial charge in [-0.2, -0.15) is 4.98 Å². The molecule has 0 saturated carbocycles. The second kappa shape index (κ2) is 5.79. The first-order valence-corrected chi connectivity index (χ1v) is 7.09. The molecule has 0 aliphatic rings. The van der Waals surface area contributed by atoms with Gasteiger partial charge < -0.3 is 10.3 Å². The Kier molecular flexibility index (Phi) is 4.31. The Morgan fingerprint density at radius 2 is 2.05 bits per heavy atom. The van der Waals surface area contributed by atoms with Crippen molar-refractivity contribution in [2.45, 2.75) is 32.1 Å². The van der Waals surface area contributed by atoms with Crippen LogP contribution in [0.15, 0.2) is 27.5 Å². The molecule has 2 heterocycles. The summed E-state index contributed by atoms with van der Waals surface area (Å²) in [5.74, 6) is 1.15. The molecule has 0 saturated heterocycles. The first kappa shape index (κ1) is 14.1. The molecule has 0 amide bonds. The van der Waals surface area contributed by atoms with Gasteiger partial charge >= 0.3 is 0 Å². The van der Waals surface area contributed by atoms with Crippen molar-refractivity contribution in [2.24, 2.45) is 5.73 Å². The summed E-state index contributed by atoms with van der Waals surface area (Å²) in [5.41, 5.74) is 6.48. The fourth-order valence-electron chi connectivity index (χ4n) is 2.02. The van der Waals surface area contributed by atoms with Crippen LogP contribution in [0, 0.1) is 0 Å². The molecule has 0 aromatic carbocycles. The molecule has 2 aromatic heterocycles. The lowest BCUT2D eigenvalue weighted by Crippen LogP contribution is -2.34. The molecule has 0 spiro atoms. The average molecular weight is 325 g/mol. The first-order valence-electron chi connectivity index (χ1n) is 6.30. The van der Waals surface area contributed by atoms with Gasteiger partial charge in [-0.3, -0.25) is 4.98 Å². The molecule has 0 bridgehead atoms. The van der Waals surface area contributed by atoms with E-state index in [0.29, 0.717) is 18.3 Å². The van der Waals surface area contributed by atoms with Crippen molar-refractivity contribution in [2.75, 3.05) is 6.54 Å². The second-order valence-corrected chi connectivity index (χ2v) is 5.42. The van der Waals surface area contributed by atoms with E-state index < -0.39 is 0 Å². The molecule has 5 nitrogen and oxygen atoms in total. The third-order valence-electron chi connectivity index (χ3n) is 3.59. The van der Waals surface area contributed by atoms with Gasteiger partial charge in [0.25, 0.3) is 0 Å². The van der Waals surface area contributed by atoms with Gasteiger partial charge in [-0.25, -0.2) is 0 Å². The fraction of sp³-hybridized carbons (Fsp3) is 0.462. The molecule has 2 rings (SSSR count). The SMILES string of the molecule is CCC(CC)(CN)c1nc(-c2cncc(Br)c2)no1. The highest BCUT2D eigenvalue weighted by atomic mass is 79.9. The van der Waals surface area contributed by atoms with E-state index in [4.69, 9.17) is 10.3 Å². The van der Waals surface area contributed by atoms with Crippen LogP contribution in [0.2, 0.25) is 0 Å². The largest absolute Gasteiger partial charge is 0.338 e. The Bertz CT molecular complexity index is 543. The zero-order valence-corrected chi connectivity index (χ0v) is 12.6. The summed E-state index contributed by atoms with van der Waals surface area (Å²) in [6.07, 6.45) is 5.17. The van der Waals surface area contributed by atoms with Crippen LogP contribution in [0.3, 0.4) is 0 Å². The normalized spacial score (nSPS) is 11.8. The molecule has 2 aromatic rings. The molecule has 0 fully saturated rings. The van der Waals surface area contributed by atoms with E-state index in [0.717, 1.165) is 22.9 Å². The lowest BCUT2D eigenvalue weighted by molar-refractivity contribution is 0.267. The average Bonchev–Trinajstić information content (AvgIpc) is 2.92. The molecule has 0 unspecified atom stereocenters. The van der Waals surface area contributed by atoms with E-state index in [2.05, 4.69) is 44.9 Å². The summed E-state index contributed by atoms with van der Waals surface area (Å²) in [5, 5.41) is 4.03. The highest BCUT2D eigenvalue weighted by molar-refractivity contribution is 9.10. The van der Waals surface area contributed by atoms with Gasteiger partial charge in [0.2, 0.25) is 11.7 Å². The van der Waals surface area contributed by atoms with Crippen LogP contribution in [0.4, 0.5) is 0 Å². The molecule has 6 heteroatoms. The number of aromatic nitrogens is 3. The van der Waals surface area contributed by atoms with Gasteiger partial charge in [0.1, 0.15) is 0 Å². The van der Waals surface area contributed by atoms with Crippen LogP contribution in [0.25, 0.3) is 11.4 Å². The molecule has 2 N–H and O–H groups in total. The maximum atomic E-state index is 5.89. The lowest BCUT2D eigenvalue weighted by Gasteiger charge is -2.24. The number of hydrogen-bond acceptors (Lipinski definition) is 5. The van der Waals surface area contributed by atoms with E-state index in [1.165, 1.54) is 0 Å². The van der Waals surface area contributed by atoms with Crippen LogP contribution in [0.5, 0.6) is 0 Å². The molecule has 0 aliphatic carbocycles. The molecule has 19 heavy (non-hydrogen) atoms. The predicted molar refractivity (Wildman–Crippen MR) is 76.5 cm³/mol. The van der Waals surface area contributed by atoms with Gasteiger partial charge in [0, 0.05) is 29.0 Å². The van der Waals surface area contributed by atoms with E-state index in [1.54, 1.807) is 12.4 Å². The molecule has 0 radical (unpaired) electrons. The summed E-state index contributed by atoms with van der Waals surface area (Å²) >= 11 is 3.38. The highest BCUT2D eigenvalue weighted by Crippen LogP contribution is 2.30. The van der Waals surface area contributed by atoms with Crippen molar-refractivity contribution in [3.05, 3.63) is 28.8 Å². The number of rotatable bonds is 5. The molecule has 0 atom stereocenters. The van der Waals surface area contributed by atoms with Crippen LogP contribution < -0.4 is 5.73 Å². The summed E-state index contributed by atoms with van der Waals surface area (Å²) in [4.78, 5) is 8.59. The Hall–Kier alpha value is -1.27. The number of hydrogen-bond donors (Lipinski definition) is 1. The molecule has 102 valence electrons.